The quantitative estimate of drug-likeness (QED) is 0.773. The summed E-state index contributed by atoms with van der Waals surface area (Å²) in [4.78, 5) is 0. The molecule has 0 aromatic carbocycles. The number of nitriles is 1. The fourth-order valence-corrected chi connectivity index (χ4v) is 2.10. The van der Waals surface area contributed by atoms with Crippen LogP contribution in [-0.4, -0.2) is 12.6 Å². The molecule has 0 aromatic heterocycles. The van der Waals surface area contributed by atoms with Crippen LogP contribution in [0.5, 0.6) is 0 Å². The molecule has 0 atom stereocenters. The highest BCUT2D eigenvalue weighted by Gasteiger charge is 2.19. The molecular weight excluding hydrogens is 184 g/mol. The van der Waals surface area contributed by atoms with Crippen LogP contribution in [0.3, 0.4) is 0 Å². The molecule has 1 rings (SSSR count). The second kappa shape index (κ2) is 6.12. The van der Waals surface area contributed by atoms with Gasteiger partial charge in [-0.1, -0.05) is 32.1 Å². The summed E-state index contributed by atoms with van der Waals surface area (Å²) in [5.74, 6) is 0. The van der Waals surface area contributed by atoms with Gasteiger partial charge in [0, 0.05) is 12.6 Å². The van der Waals surface area contributed by atoms with Crippen LogP contribution in [0.4, 0.5) is 0 Å². The summed E-state index contributed by atoms with van der Waals surface area (Å²) in [6.07, 6.45) is 9.48. The van der Waals surface area contributed by atoms with Gasteiger partial charge < -0.3 is 5.32 Å². The number of nitrogens with zero attached hydrogens (tertiary/aromatic N) is 1. The van der Waals surface area contributed by atoms with E-state index < -0.39 is 0 Å². The van der Waals surface area contributed by atoms with E-state index >= 15 is 0 Å². The van der Waals surface area contributed by atoms with Crippen molar-refractivity contribution in [1.82, 2.24) is 5.32 Å². The first kappa shape index (κ1) is 12.5. The molecule has 0 radical (unpaired) electrons. The van der Waals surface area contributed by atoms with E-state index in [1.54, 1.807) is 0 Å². The first-order valence-corrected chi connectivity index (χ1v) is 6.29. The zero-order valence-electron chi connectivity index (χ0n) is 10.2. The highest BCUT2D eigenvalue weighted by atomic mass is 14.9. The second-order valence-corrected chi connectivity index (χ2v) is 5.42. The Morgan fingerprint density at radius 1 is 1.13 bits per heavy atom. The van der Waals surface area contributed by atoms with Gasteiger partial charge >= 0.3 is 0 Å². The molecule has 1 aliphatic rings. The Labute approximate surface area is 94.1 Å². The smallest absolute Gasteiger partial charge is 0.0697 e. The lowest BCUT2D eigenvalue weighted by molar-refractivity contribution is 0.345. The van der Waals surface area contributed by atoms with Crippen LogP contribution in [0.2, 0.25) is 0 Å². The van der Waals surface area contributed by atoms with Gasteiger partial charge in [0.15, 0.2) is 0 Å². The van der Waals surface area contributed by atoms with Gasteiger partial charge in [-0.15, -0.1) is 0 Å². The number of rotatable bonds is 3. The van der Waals surface area contributed by atoms with Crippen molar-refractivity contribution in [3.63, 3.8) is 0 Å². The molecule has 1 N–H and O–H groups in total. The van der Waals surface area contributed by atoms with Crippen molar-refractivity contribution < 1.29 is 0 Å². The first-order valence-electron chi connectivity index (χ1n) is 6.29. The van der Waals surface area contributed by atoms with Crippen molar-refractivity contribution in [3.8, 4) is 6.07 Å². The maximum atomic E-state index is 8.93. The van der Waals surface area contributed by atoms with Crippen LogP contribution < -0.4 is 5.32 Å². The van der Waals surface area contributed by atoms with Gasteiger partial charge in [0.1, 0.15) is 0 Å². The number of hydrogen-bond donors (Lipinski definition) is 1. The van der Waals surface area contributed by atoms with E-state index in [2.05, 4.69) is 11.4 Å². The van der Waals surface area contributed by atoms with Crippen LogP contribution in [0.1, 0.15) is 58.8 Å². The van der Waals surface area contributed by atoms with Gasteiger partial charge in [-0.05, 0) is 26.7 Å². The van der Waals surface area contributed by atoms with Gasteiger partial charge in [0.2, 0.25) is 0 Å². The molecular formula is C13H24N2. The molecule has 2 heteroatoms. The van der Waals surface area contributed by atoms with Crippen LogP contribution in [0.25, 0.3) is 0 Å². The topological polar surface area (TPSA) is 35.8 Å². The Balaban J connectivity index is 2.27. The van der Waals surface area contributed by atoms with Crippen molar-refractivity contribution in [2.24, 2.45) is 5.41 Å². The third-order valence-corrected chi connectivity index (χ3v) is 3.24. The zero-order chi connectivity index (χ0) is 11.1. The number of nitrogens with one attached hydrogen (secondary N) is 1. The molecule has 1 aliphatic carbocycles. The van der Waals surface area contributed by atoms with E-state index in [1.165, 1.54) is 44.9 Å². The van der Waals surface area contributed by atoms with Crippen LogP contribution in [-0.2, 0) is 0 Å². The molecule has 1 fully saturated rings. The van der Waals surface area contributed by atoms with Crippen molar-refractivity contribution in [2.45, 2.75) is 64.8 Å². The molecule has 0 bridgehead atoms. The fraction of sp³-hybridized carbons (Fsp3) is 0.923. The molecule has 1 saturated carbocycles. The third-order valence-electron chi connectivity index (χ3n) is 3.24. The molecule has 0 unspecified atom stereocenters. The molecule has 0 aromatic rings. The molecule has 0 aliphatic heterocycles. The average Bonchev–Trinajstić information content (AvgIpc) is 2.16. The minimum atomic E-state index is -0.220. The lowest BCUT2D eigenvalue weighted by atomic mass is 9.93. The second-order valence-electron chi connectivity index (χ2n) is 5.42. The highest BCUT2D eigenvalue weighted by Crippen LogP contribution is 2.18. The summed E-state index contributed by atoms with van der Waals surface area (Å²) < 4.78 is 0. The summed E-state index contributed by atoms with van der Waals surface area (Å²) in [6.45, 7) is 4.83. The summed E-state index contributed by atoms with van der Waals surface area (Å²) >= 11 is 0. The van der Waals surface area contributed by atoms with E-state index in [4.69, 9.17) is 5.26 Å². The highest BCUT2D eigenvalue weighted by molar-refractivity contribution is 4.94. The molecule has 0 amide bonds. The van der Waals surface area contributed by atoms with Crippen LogP contribution in [0.15, 0.2) is 0 Å². The Bertz CT molecular complexity index is 207. The summed E-state index contributed by atoms with van der Waals surface area (Å²) in [5.41, 5.74) is -0.220. The molecule has 15 heavy (non-hydrogen) atoms. The Morgan fingerprint density at radius 2 is 1.67 bits per heavy atom. The van der Waals surface area contributed by atoms with Gasteiger partial charge in [-0.25, -0.2) is 0 Å². The van der Waals surface area contributed by atoms with Gasteiger partial charge in [0.05, 0.1) is 11.5 Å². The Morgan fingerprint density at radius 3 is 2.20 bits per heavy atom. The van der Waals surface area contributed by atoms with E-state index in [0.29, 0.717) is 6.04 Å². The van der Waals surface area contributed by atoms with Crippen LogP contribution in [0, 0.1) is 16.7 Å². The summed E-state index contributed by atoms with van der Waals surface area (Å²) in [5, 5.41) is 12.5. The third kappa shape index (κ3) is 5.18. The predicted octanol–water partition coefficient (Wildman–Crippen LogP) is 3.24. The normalized spacial score (nSPS) is 20.3. The lowest BCUT2D eigenvalue weighted by Gasteiger charge is -2.24. The minimum absolute atomic E-state index is 0.220. The van der Waals surface area contributed by atoms with Gasteiger partial charge in [-0.3, -0.25) is 0 Å². The van der Waals surface area contributed by atoms with Crippen molar-refractivity contribution in [3.05, 3.63) is 0 Å². The molecule has 0 heterocycles. The summed E-state index contributed by atoms with van der Waals surface area (Å²) in [7, 11) is 0. The Hall–Kier alpha value is -0.550. The minimum Gasteiger partial charge on any atom is -0.312 e. The maximum absolute atomic E-state index is 8.93. The van der Waals surface area contributed by atoms with E-state index in [9.17, 15) is 0 Å². The van der Waals surface area contributed by atoms with Crippen LogP contribution >= 0.6 is 0 Å². The first-order chi connectivity index (χ1) is 7.14. The molecule has 0 spiro atoms. The maximum Gasteiger partial charge on any atom is 0.0697 e. The van der Waals surface area contributed by atoms with E-state index in [1.807, 2.05) is 13.8 Å². The predicted molar refractivity (Wildman–Crippen MR) is 63.5 cm³/mol. The van der Waals surface area contributed by atoms with Crippen molar-refractivity contribution >= 4 is 0 Å². The van der Waals surface area contributed by atoms with Gasteiger partial charge in [0.25, 0.3) is 0 Å². The molecule has 0 saturated heterocycles. The van der Waals surface area contributed by atoms with Crippen molar-refractivity contribution in [2.75, 3.05) is 6.54 Å². The number of hydrogen-bond acceptors (Lipinski definition) is 2. The van der Waals surface area contributed by atoms with Gasteiger partial charge in [-0.2, -0.15) is 5.26 Å². The molecule has 86 valence electrons. The summed E-state index contributed by atoms with van der Waals surface area (Å²) in [6, 6.07) is 3.00. The van der Waals surface area contributed by atoms with E-state index in [0.717, 1.165) is 6.54 Å². The standard InChI is InChI=1S/C13H24N2/c1-13(2,10-14)11-15-12-8-6-4-3-5-7-9-12/h12,15H,3-9,11H2,1-2H3. The Kier molecular flexibility index (Phi) is 5.11. The fourth-order valence-electron chi connectivity index (χ4n) is 2.10. The largest absolute Gasteiger partial charge is 0.312 e. The zero-order valence-corrected chi connectivity index (χ0v) is 10.2. The van der Waals surface area contributed by atoms with Crippen molar-refractivity contribution in [1.29, 1.82) is 5.26 Å². The monoisotopic (exact) mass is 208 g/mol. The van der Waals surface area contributed by atoms with E-state index in [-0.39, 0.29) is 5.41 Å². The average molecular weight is 208 g/mol. The lowest BCUT2D eigenvalue weighted by Crippen LogP contribution is -2.36. The molecule has 2 nitrogen and oxygen atoms in total. The SMILES string of the molecule is CC(C)(C#N)CNC1CCCCCCC1.